The van der Waals surface area contributed by atoms with E-state index in [1.807, 2.05) is 94.6 Å². The molecule has 3 aliphatic rings. The molecule has 33 nitrogen and oxygen atoms in total. The molecule has 0 aromatic heterocycles. The molecule has 0 radical (unpaired) electrons. The predicted molar refractivity (Wildman–Crippen MR) is 455 cm³/mol. The van der Waals surface area contributed by atoms with Gasteiger partial charge in [-0.15, -0.1) is 0 Å². The highest BCUT2D eigenvalue weighted by atomic mass is 32.2. The van der Waals surface area contributed by atoms with Crippen molar-refractivity contribution in [2.45, 2.75) is 163 Å². The van der Waals surface area contributed by atoms with E-state index in [0.29, 0.717) is 59.4 Å². The Morgan fingerprint density at radius 2 is 1.02 bits per heavy atom. The number of carbonyl (C=O) groups excluding carboxylic acids is 7. The Balaban J connectivity index is 0.898. The first-order valence-corrected chi connectivity index (χ1v) is 44.7. The normalized spacial score (nSPS) is 16.9. The Labute approximate surface area is 713 Å². The molecule has 2 unspecified atom stereocenters. The van der Waals surface area contributed by atoms with E-state index in [-0.39, 0.29) is 81.8 Å². The average Bonchev–Trinajstić information content (AvgIpc) is 1.59. The van der Waals surface area contributed by atoms with Crippen molar-refractivity contribution >= 4 is 107 Å². The number of urea groups is 1. The number of carbonyl (C=O) groups is 10. The van der Waals surface area contributed by atoms with Crippen LogP contribution in [0.1, 0.15) is 126 Å². The molecule has 8 amide bonds. The summed E-state index contributed by atoms with van der Waals surface area (Å²) in [6, 6.07) is 38.2. The molecule has 656 valence electrons. The number of carboxylic acids is 3. The highest BCUT2D eigenvalue weighted by Gasteiger charge is 2.46. The maximum Gasteiger partial charge on any atom is 0.326 e. The van der Waals surface area contributed by atoms with E-state index in [1.54, 1.807) is 91.0 Å². The summed E-state index contributed by atoms with van der Waals surface area (Å²) in [7, 11) is -13.3. The van der Waals surface area contributed by atoms with Crippen molar-refractivity contribution in [2.75, 3.05) is 49.1 Å². The molecule has 2 aliphatic heterocycles. The summed E-state index contributed by atoms with van der Waals surface area (Å²) >= 11 is 0. The maximum absolute atomic E-state index is 14.8. The minimum Gasteiger partial charge on any atom is -0.481 e. The minimum atomic E-state index is -4.59. The summed E-state index contributed by atoms with van der Waals surface area (Å²) < 4.78 is 111. The second-order valence-corrected chi connectivity index (χ2v) is 35.3. The van der Waals surface area contributed by atoms with E-state index in [2.05, 4.69) is 51.1 Å². The first-order valence-electron chi connectivity index (χ1n) is 40.0. The average molecular weight is 1750 g/mol. The van der Waals surface area contributed by atoms with Gasteiger partial charge in [-0.3, -0.25) is 47.2 Å². The van der Waals surface area contributed by atoms with E-state index < -0.39 is 175 Å². The van der Waals surface area contributed by atoms with Crippen molar-refractivity contribution in [1.82, 2.24) is 42.5 Å². The first kappa shape index (κ1) is 94.6. The number of carboxylic acid groups (broad SMARTS) is 3. The number of nitrogens with one attached hydrogen (secondary N) is 8. The van der Waals surface area contributed by atoms with Gasteiger partial charge < -0.3 is 67.5 Å². The third kappa shape index (κ3) is 28.2. The number of anilines is 1. The number of rotatable bonds is 45. The number of ether oxygens (including phenoxy) is 1. The van der Waals surface area contributed by atoms with E-state index in [4.69, 9.17) is 9.84 Å². The number of benzene rings is 6. The van der Waals surface area contributed by atoms with Crippen LogP contribution >= 0.6 is 0 Å². The quantitative estimate of drug-likeness (QED) is 0.0103. The minimum absolute atomic E-state index is 0.000324. The van der Waals surface area contributed by atoms with Crippen LogP contribution in [0.3, 0.4) is 0 Å². The van der Waals surface area contributed by atoms with Gasteiger partial charge in [0.1, 0.15) is 48.3 Å². The number of aliphatic carboxylic acids is 3. The molecular weight excluding hydrogens is 1650 g/mol. The number of hydrogen-bond acceptors (Lipinski definition) is 18. The van der Waals surface area contributed by atoms with Gasteiger partial charge in [-0.1, -0.05) is 133 Å². The Morgan fingerprint density at radius 1 is 0.512 bits per heavy atom. The van der Waals surface area contributed by atoms with E-state index in [0.717, 1.165) is 33.8 Å². The fraction of sp³-hybridized carbons (Fsp3) is 0.368. The lowest BCUT2D eigenvalue weighted by Gasteiger charge is -2.31. The number of para-hydroxylation sites is 2. The van der Waals surface area contributed by atoms with Gasteiger partial charge in [-0.2, -0.15) is 29.8 Å². The third-order valence-electron chi connectivity index (χ3n) is 21.3. The van der Waals surface area contributed by atoms with Gasteiger partial charge in [0.15, 0.2) is 5.71 Å². The largest absolute Gasteiger partial charge is 0.481 e. The zero-order valence-corrected chi connectivity index (χ0v) is 70.5. The predicted octanol–water partition coefficient (Wildman–Crippen LogP) is 7.08. The lowest BCUT2D eigenvalue weighted by atomic mass is 9.77. The topological polar surface area (TPSA) is 506 Å². The van der Waals surface area contributed by atoms with Crippen LogP contribution in [0.2, 0.25) is 0 Å². The Bertz CT molecular complexity index is 5380. The van der Waals surface area contributed by atoms with E-state index in [9.17, 15) is 97.1 Å². The number of allylic oxidation sites excluding steroid dienone is 7. The van der Waals surface area contributed by atoms with Crippen LogP contribution in [-0.2, 0) is 104 Å². The summed E-state index contributed by atoms with van der Waals surface area (Å²) in [6.45, 7) is 5.51. The molecule has 0 saturated heterocycles. The molecule has 0 fully saturated rings. The summed E-state index contributed by atoms with van der Waals surface area (Å²) in [5.41, 5.74) is 6.79. The highest BCUT2D eigenvalue weighted by molar-refractivity contribution is 7.86. The van der Waals surface area contributed by atoms with Crippen LogP contribution in [0.4, 0.5) is 16.2 Å². The molecule has 123 heavy (non-hydrogen) atoms. The van der Waals surface area contributed by atoms with Crippen LogP contribution in [0.25, 0.3) is 0 Å². The number of nitrogens with zero attached hydrogens (tertiary/aromatic N) is 2. The fourth-order valence-electron chi connectivity index (χ4n) is 15.1. The van der Waals surface area contributed by atoms with Gasteiger partial charge >= 0.3 is 23.9 Å². The van der Waals surface area contributed by atoms with Gasteiger partial charge in [0.25, 0.3) is 30.4 Å². The molecule has 9 rings (SSSR count). The molecule has 0 bridgehead atoms. The van der Waals surface area contributed by atoms with E-state index in [1.165, 1.54) is 24.3 Å². The lowest BCUT2D eigenvalue weighted by molar-refractivity contribution is -0.437. The molecule has 6 aromatic carbocycles. The van der Waals surface area contributed by atoms with Crippen molar-refractivity contribution in [3.05, 3.63) is 239 Å². The van der Waals surface area contributed by atoms with Gasteiger partial charge in [0, 0.05) is 99.1 Å². The fourth-order valence-corrected chi connectivity index (χ4v) is 16.6. The summed E-state index contributed by atoms with van der Waals surface area (Å²) in [6.07, 6.45) is 7.51. The van der Waals surface area contributed by atoms with Crippen LogP contribution in [0, 0.1) is 0 Å². The van der Waals surface area contributed by atoms with Crippen LogP contribution in [0.5, 0.6) is 5.75 Å². The lowest BCUT2D eigenvalue weighted by Crippen LogP contribution is -2.56. The van der Waals surface area contributed by atoms with Crippen molar-refractivity contribution in [3.63, 3.8) is 0 Å². The number of fused-ring (bicyclic) bond motifs is 2. The molecule has 2 heterocycles. The molecule has 36 heteroatoms. The molecular formula is C87H103N10O23S3+. The molecule has 1 aliphatic carbocycles. The van der Waals surface area contributed by atoms with Gasteiger partial charge in [-0.25, -0.2) is 14.4 Å². The van der Waals surface area contributed by atoms with Gasteiger partial charge in [-0.05, 0) is 148 Å². The van der Waals surface area contributed by atoms with E-state index >= 15 is 0 Å². The molecule has 14 N–H and O–H groups in total. The monoisotopic (exact) mass is 1750 g/mol. The number of hydrogen-bond donors (Lipinski definition) is 14. The second-order valence-electron chi connectivity index (χ2n) is 30.7. The summed E-state index contributed by atoms with van der Waals surface area (Å²) in [4.78, 5) is 133. The van der Waals surface area contributed by atoms with Crippen LogP contribution < -0.4 is 52.2 Å². The van der Waals surface area contributed by atoms with Crippen molar-refractivity contribution in [1.29, 1.82) is 0 Å². The third-order valence-corrected chi connectivity index (χ3v) is 23.7. The Morgan fingerprint density at radius 3 is 1.59 bits per heavy atom. The molecule has 0 saturated carbocycles. The van der Waals surface area contributed by atoms with Crippen LogP contribution in [-0.4, -0.2) is 198 Å². The molecule has 6 aromatic rings. The zero-order chi connectivity index (χ0) is 89.2. The second kappa shape index (κ2) is 43.5. The summed E-state index contributed by atoms with van der Waals surface area (Å²) in [5.74, 6) is -9.09. The molecule has 0 spiro atoms. The Hall–Kier alpha value is -12.2. The summed E-state index contributed by atoms with van der Waals surface area (Å²) in [5, 5.41) is 48.4. The number of amides is 8. The SMILES string of the molecule is CC1(C)C(/C=C/C2=C(Oc3ccc(S(=O)(=O)O)cc3)C(=C/C=C3/N(CCCS(=O)(=O)O)c4ccccc4C3(C)CCCC(=O)N[C@@H](Cc3ccccc3)C(=O)NC(Cc3ccccc3)C(=O)NCC(=O)NCCNC(=O)[C@H](Cc3ccccc3)NC(=O)CC[C@H](NC(=O)N[C@@H](CCC(=O)O)C(=O)O)C(=O)O)/CCC2)=[N+](CCCS(=O)(=O)O)c2ccccc21. The maximum atomic E-state index is 14.8. The van der Waals surface area contributed by atoms with Crippen molar-refractivity contribution in [2.24, 2.45) is 0 Å². The molecule has 6 atom stereocenters. The highest BCUT2D eigenvalue weighted by Crippen LogP contribution is 2.51. The standard InChI is InChI=1S/C87H102N10O23S3/c1-86(2)64-29-13-15-31-71(64)96(49-19-51-121(111,112)113)73(86)42-34-60-27-17-28-61(79(60)120-62-36-38-63(39-37-62)123(117,118)119)35-43-74-87(3,65-30-14-16-32-72(65)97(74)50-20-52-122(114,115)116)46-18-33-75(98)92-70(55-59-25-11-6-12-26-59)82(105)93-69(54-58-23-9-5-10-24-58)81(104)90-56-77(100)88-47-48-89-80(103)68(53-57-21-7-4-8-22-57)91-76(99)44-40-66(83(106)107)94-85(110)95-67(84(108)109)41-45-78(101)102/h4-16,21-26,29-32,34-39,42-43,66-70H,17-20,27-28,33,40-41,44-56H2,1-3H3,(H13-,88,89,90,91,92,93,94,95,98,99,100,101,102,103,104,105,106,107,108,109,110,111,112,113,114,115,116,117,118,119)/p+1/t66-,67-,68-,69?,70-,87?/m0/s1. The Kier molecular flexibility index (Phi) is 33.5. The van der Waals surface area contributed by atoms with Gasteiger partial charge in [0.2, 0.25) is 41.1 Å². The van der Waals surface area contributed by atoms with Crippen molar-refractivity contribution in [3.8, 4) is 5.75 Å². The van der Waals surface area contributed by atoms with Gasteiger partial charge in [0.05, 0.1) is 28.4 Å². The zero-order valence-electron chi connectivity index (χ0n) is 68.1. The smallest absolute Gasteiger partial charge is 0.326 e. The first-order chi connectivity index (χ1) is 58.3. The van der Waals surface area contributed by atoms with Crippen LogP contribution in [0.15, 0.2) is 216 Å². The van der Waals surface area contributed by atoms with Crippen molar-refractivity contribution < 1.29 is 111 Å².